The van der Waals surface area contributed by atoms with E-state index in [0.717, 1.165) is 13.3 Å². The van der Waals surface area contributed by atoms with Gasteiger partial charge in [0.05, 0.1) is 0 Å². The van der Waals surface area contributed by atoms with Gasteiger partial charge in [0.15, 0.2) is 0 Å². The van der Waals surface area contributed by atoms with E-state index in [1.54, 1.807) is 12.1 Å². The highest BCUT2D eigenvalue weighted by atomic mass is 16.4. The van der Waals surface area contributed by atoms with E-state index in [9.17, 15) is 0 Å². The molecule has 0 atom stereocenters. The molecule has 16 heavy (non-hydrogen) atoms. The van der Waals surface area contributed by atoms with Crippen LogP contribution in [-0.2, 0) is 10.2 Å². The molecule has 1 rings (SSSR count). The first kappa shape index (κ1) is 14.5. The molecule has 0 aliphatic heterocycles. The lowest BCUT2D eigenvalue weighted by molar-refractivity contribution is -0.134. The van der Waals surface area contributed by atoms with Crippen LogP contribution in [0.2, 0.25) is 0 Å². The highest BCUT2D eigenvalue weighted by Crippen LogP contribution is 2.27. The molecule has 90 valence electrons. The van der Waals surface area contributed by atoms with E-state index in [0.29, 0.717) is 5.75 Å². The first-order chi connectivity index (χ1) is 7.29. The largest absolute Gasteiger partial charge is 0.508 e. The number of benzene rings is 1. The van der Waals surface area contributed by atoms with Gasteiger partial charge in [0.25, 0.3) is 5.97 Å². The zero-order chi connectivity index (χ0) is 12.8. The molecular weight excluding hydrogens is 204 g/mol. The molecule has 1 aromatic rings. The SMILES string of the molecule is CC(=O)O.CCC(C)(C)c1ccc(O)cc1. The molecule has 0 radical (unpaired) electrons. The van der Waals surface area contributed by atoms with Crippen LogP contribution in [0.4, 0.5) is 0 Å². The number of aliphatic carboxylic acids is 1. The zero-order valence-corrected chi connectivity index (χ0v) is 10.3. The van der Waals surface area contributed by atoms with Crippen LogP contribution < -0.4 is 0 Å². The standard InChI is InChI=1S/C11H16O.C2H4O2/c1-4-11(2,3)9-5-7-10(12)8-6-9;1-2(3)4/h5-8,12H,4H2,1-3H3;1H3,(H,3,4). The monoisotopic (exact) mass is 224 g/mol. The minimum atomic E-state index is -0.833. The lowest BCUT2D eigenvalue weighted by Gasteiger charge is -2.22. The average Bonchev–Trinajstić information content (AvgIpc) is 2.17. The van der Waals surface area contributed by atoms with Crippen molar-refractivity contribution in [2.75, 3.05) is 0 Å². The van der Waals surface area contributed by atoms with Crippen molar-refractivity contribution < 1.29 is 15.0 Å². The second-order valence-electron chi connectivity index (χ2n) is 4.30. The van der Waals surface area contributed by atoms with Crippen LogP contribution in [0.5, 0.6) is 5.75 Å². The normalized spacial score (nSPS) is 10.2. The molecule has 0 bridgehead atoms. The van der Waals surface area contributed by atoms with Crippen LogP contribution in [0.25, 0.3) is 0 Å². The number of carbonyl (C=O) groups is 1. The summed E-state index contributed by atoms with van der Waals surface area (Å²) in [4.78, 5) is 9.00. The Hall–Kier alpha value is -1.51. The van der Waals surface area contributed by atoms with Gasteiger partial charge in [0.2, 0.25) is 0 Å². The van der Waals surface area contributed by atoms with Crippen molar-refractivity contribution in [2.24, 2.45) is 0 Å². The van der Waals surface area contributed by atoms with Crippen molar-refractivity contribution in [1.82, 2.24) is 0 Å². The average molecular weight is 224 g/mol. The van der Waals surface area contributed by atoms with Gasteiger partial charge in [0, 0.05) is 6.92 Å². The molecule has 0 saturated carbocycles. The molecule has 3 nitrogen and oxygen atoms in total. The molecule has 0 aliphatic rings. The first-order valence-corrected chi connectivity index (χ1v) is 5.28. The number of phenolic OH excluding ortho intramolecular Hbond substituents is 1. The van der Waals surface area contributed by atoms with Crippen molar-refractivity contribution in [3.05, 3.63) is 29.8 Å². The Morgan fingerprint density at radius 3 is 1.94 bits per heavy atom. The van der Waals surface area contributed by atoms with E-state index in [1.807, 2.05) is 12.1 Å². The number of aromatic hydroxyl groups is 1. The predicted octanol–water partition coefficient (Wildman–Crippen LogP) is 3.17. The lowest BCUT2D eigenvalue weighted by Crippen LogP contribution is -2.14. The third-order valence-electron chi connectivity index (χ3n) is 2.53. The predicted molar refractivity (Wildman–Crippen MR) is 64.7 cm³/mol. The molecule has 3 heteroatoms. The highest BCUT2D eigenvalue weighted by Gasteiger charge is 2.17. The second-order valence-corrected chi connectivity index (χ2v) is 4.30. The van der Waals surface area contributed by atoms with Crippen LogP contribution in [0.3, 0.4) is 0 Å². The Bertz CT molecular complexity index is 322. The van der Waals surface area contributed by atoms with E-state index in [4.69, 9.17) is 15.0 Å². The van der Waals surface area contributed by atoms with Gasteiger partial charge >= 0.3 is 0 Å². The van der Waals surface area contributed by atoms with Crippen molar-refractivity contribution in [1.29, 1.82) is 0 Å². The van der Waals surface area contributed by atoms with Gasteiger partial charge in [-0.05, 0) is 29.5 Å². The van der Waals surface area contributed by atoms with Gasteiger partial charge in [-0.25, -0.2) is 0 Å². The van der Waals surface area contributed by atoms with Gasteiger partial charge < -0.3 is 10.2 Å². The summed E-state index contributed by atoms with van der Waals surface area (Å²) in [6.07, 6.45) is 1.11. The fraction of sp³-hybridized carbons (Fsp3) is 0.462. The quantitative estimate of drug-likeness (QED) is 0.811. The molecule has 0 unspecified atom stereocenters. The van der Waals surface area contributed by atoms with E-state index >= 15 is 0 Å². The summed E-state index contributed by atoms with van der Waals surface area (Å²) in [5, 5.41) is 16.5. The van der Waals surface area contributed by atoms with Crippen LogP contribution in [0, 0.1) is 0 Å². The van der Waals surface area contributed by atoms with E-state index < -0.39 is 5.97 Å². The van der Waals surface area contributed by atoms with E-state index in [1.165, 1.54) is 5.56 Å². The number of rotatable bonds is 2. The Morgan fingerprint density at radius 2 is 1.62 bits per heavy atom. The number of hydrogen-bond donors (Lipinski definition) is 2. The van der Waals surface area contributed by atoms with Gasteiger partial charge in [-0.3, -0.25) is 4.79 Å². The number of phenols is 1. The minimum Gasteiger partial charge on any atom is -0.508 e. The summed E-state index contributed by atoms with van der Waals surface area (Å²) < 4.78 is 0. The maximum Gasteiger partial charge on any atom is 0.300 e. The van der Waals surface area contributed by atoms with E-state index in [2.05, 4.69) is 20.8 Å². The Labute approximate surface area is 96.7 Å². The molecule has 0 aliphatic carbocycles. The maximum absolute atomic E-state index is 9.10. The van der Waals surface area contributed by atoms with Crippen molar-refractivity contribution >= 4 is 5.97 Å². The van der Waals surface area contributed by atoms with E-state index in [-0.39, 0.29) is 5.41 Å². The summed E-state index contributed by atoms with van der Waals surface area (Å²) in [7, 11) is 0. The Morgan fingerprint density at radius 1 is 1.25 bits per heavy atom. The fourth-order valence-electron chi connectivity index (χ4n) is 1.12. The summed E-state index contributed by atoms with van der Waals surface area (Å²) in [6.45, 7) is 7.67. The molecule has 0 saturated heterocycles. The molecule has 0 amide bonds. The summed E-state index contributed by atoms with van der Waals surface area (Å²) in [5.74, 6) is -0.495. The van der Waals surface area contributed by atoms with Crippen LogP contribution in [0.1, 0.15) is 39.7 Å². The smallest absolute Gasteiger partial charge is 0.300 e. The molecular formula is C13H20O3. The van der Waals surface area contributed by atoms with Crippen LogP contribution in [0.15, 0.2) is 24.3 Å². The van der Waals surface area contributed by atoms with Gasteiger partial charge in [0.1, 0.15) is 5.75 Å². The van der Waals surface area contributed by atoms with Crippen LogP contribution >= 0.6 is 0 Å². The molecule has 2 N–H and O–H groups in total. The fourth-order valence-corrected chi connectivity index (χ4v) is 1.12. The molecule has 0 spiro atoms. The van der Waals surface area contributed by atoms with Gasteiger partial charge in [-0.2, -0.15) is 0 Å². The summed E-state index contributed by atoms with van der Waals surface area (Å²) >= 11 is 0. The number of hydrogen-bond acceptors (Lipinski definition) is 2. The highest BCUT2D eigenvalue weighted by molar-refractivity contribution is 5.62. The Kier molecular flexibility index (Phi) is 5.57. The molecule has 0 fully saturated rings. The second kappa shape index (κ2) is 6.16. The van der Waals surface area contributed by atoms with Crippen molar-refractivity contribution in [2.45, 2.75) is 39.5 Å². The number of carboxylic acids is 1. The third kappa shape index (κ3) is 5.39. The first-order valence-electron chi connectivity index (χ1n) is 5.28. The topological polar surface area (TPSA) is 57.5 Å². The van der Waals surface area contributed by atoms with Crippen molar-refractivity contribution in [3.63, 3.8) is 0 Å². The summed E-state index contributed by atoms with van der Waals surface area (Å²) in [5.41, 5.74) is 1.50. The Balaban J connectivity index is 0.000000487. The minimum absolute atomic E-state index is 0.216. The van der Waals surface area contributed by atoms with Gasteiger partial charge in [-0.1, -0.05) is 32.9 Å². The zero-order valence-electron chi connectivity index (χ0n) is 10.3. The van der Waals surface area contributed by atoms with Crippen LogP contribution in [-0.4, -0.2) is 16.2 Å². The third-order valence-corrected chi connectivity index (χ3v) is 2.53. The summed E-state index contributed by atoms with van der Waals surface area (Å²) in [6, 6.07) is 7.46. The molecule has 0 aromatic heterocycles. The maximum atomic E-state index is 9.10. The van der Waals surface area contributed by atoms with Gasteiger partial charge in [-0.15, -0.1) is 0 Å². The molecule has 0 heterocycles. The molecule has 1 aromatic carbocycles. The lowest BCUT2D eigenvalue weighted by atomic mass is 9.82. The van der Waals surface area contributed by atoms with Crippen molar-refractivity contribution in [3.8, 4) is 5.75 Å². The number of carboxylic acid groups (broad SMARTS) is 1.